The van der Waals surface area contributed by atoms with E-state index >= 15 is 0 Å². The van der Waals surface area contributed by atoms with E-state index in [0.717, 1.165) is 39.4 Å². The van der Waals surface area contributed by atoms with E-state index in [1.165, 1.54) is 0 Å². The van der Waals surface area contributed by atoms with Gasteiger partial charge in [-0.3, -0.25) is 9.59 Å². The number of carbonyl (C=O) groups is 2. The fourth-order valence-electron chi connectivity index (χ4n) is 3.96. The van der Waals surface area contributed by atoms with Crippen LogP contribution in [0.3, 0.4) is 0 Å². The zero-order chi connectivity index (χ0) is 23.2. The first-order chi connectivity index (χ1) is 16.0. The Kier molecular flexibility index (Phi) is 6.95. The fourth-order valence-corrected chi connectivity index (χ4v) is 3.96. The first kappa shape index (κ1) is 22.4. The van der Waals surface area contributed by atoms with Crippen LogP contribution in [0.15, 0.2) is 48.8 Å². The Morgan fingerprint density at radius 3 is 2.39 bits per heavy atom. The molecule has 0 aliphatic carbocycles. The summed E-state index contributed by atoms with van der Waals surface area (Å²) in [4.78, 5) is 30.7. The Labute approximate surface area is 191 Å². The van der Waals surface area contributed by atoms with Crippen molar-refractivity contribution in [3.8, 4) is 11.5 Å². The number of nitrogens with one attached hydrogen (secondary N) is 3. The number of aromatic amines is 2. The second kappa shape index (κ2) is 10.2. The van der Waals surface area contributed by atoms with Gasteiger partial charge in [-0.05, 0) is 73.3 Å². The van der Waals surface area contributed by atoms with Gasteiger partial charge in [0.2, 0.25) is 5.91 Å². The minimum atomic E-state index is -0.364. The van der Waals surface area contributed by atoms with Crippen LogP contribution < -0.4 is 15.8 Å². The average Bonchev–Trinajstić information content (AvgIpc) is 3.38. The minimum absolute atomic E-state index is 0.106. The van der Waals surface area contributed by atoms with E-state index in [1.54, 1.807) is 18.2 Å². The van der Waals surface area contributed by atoms with E-state index in [0.29, 0.717) is 31.7 Å². The maximum absolute atomic E-state index is 12.2. The molecule has 0 spiro atoms. The third-order valence-electron chi connectivity index (χ3n) is 5.64. The molecule has 4 rings (SSSR count). The van der Waals surface area contributed by atoms with Crippen LogP contribution in [-0.4, -0.2) is 40.0 Å². The molecule has 172 valence electrons. The molecule has 2 aromatic carbocycles. The van der Waals surface area contributed by atoms with Crippen molar-refractivity contribution >= 4 is 33.7 Å². The lowest BCUT2D eigenvalue weighted by atomic mass is 10.1. The lowest BCUT2D eigenvalue weighted by Crippen LogP contribution is -2.25. The monoisotopic (exact) mass is 448 g/mol. The van der Waals surface area contributed by atoms with Crippen LogP contribution >= 0.6 is 0 Å². The molecule has 2 heterocycles. The number of benzene rings is 2. The van der Waals surface area contributed by atoms with Crippen LogP contribution in [0.5, 0.6) is 11.5 Å². The van der Waals surface area contributed by atoms with Gasteiger partial charge in [-0.1, -0.05) is 0 Å². The highest BCUT2D eigenvalue weighted by molar-refractivity contribution is 5.86. The molecule has 0 saturated carbocycles. The lowest BCUT2D eigenvalue weighted by molar-refractivity contribution is -0.134. The van der Waals surface area contributed by atoms with Crippen LogP contribution in [0.4, 0.5) is 0 Å². The number of aromatic nitrogens is 2. The number of amides is 1. The van der Waals surface area contributed by atoms with Crippen LogP contribution in [-0.2, 0) is 22.4 Å². The van der Waals surface area contributed by atoms with Gasteiger partial charge in [0.1, 0.15) is 11.5 Å². The summed E-state index contributed by atoms with van der Waals surface area (Å²) in [5, 5.41) is 14.5. The third-order valence-corrected chi connectivity index (χ3v) is 5.64. The summed E-state index contributed by atoms with van der Waals surface area (Å²) in [7, 11) is 0. The molecule has 1 amide bonds. The molecule has 0 radical (unpaired) electrons. The molecule has 0 bridgehead atoms. The molecular weight excluding hydrogens is 420 g/mol. The molecule has 6 N–H and O–H groups in total. The molecule has 2 aromatic heterocycles. The van der Waals surface area contributed by atoms with Crippen molar-refractivity contribution in [2.45, 2.75) is 32.1 Å². The number of phenols is 1. The topological polar surface area (TPSA) is 133 Å². The van der Waals surface area contributed by atoms with Crippen LogP contribution in [0.2, 0.25) is 0 Å². The molecule has 0 fully saturated rings. The molecule has 8 heteroatoms. The van der Waals surface area contributed by atoms with Crippen molar-refractivity contribution in [2.24, 2.45) is 5.73 Å². The van der Waals surface area contributed by atoms with Crippen LogP contribution in [0.1, 0.15) is 30.4 Å². The number of hydrogen-bond donors (Lipinski definition) is 5. The molecule has 0 unspecified atom stereocenters. The second-order valence-corrected chi connectivity index (χ2v) is 8.03. The first-order valence-corrected chi connectivity index (χ1v) is 11.1. The van der Waals surface area contributed by atoms with Gasteiger partial charge < -0.3 is 30.9 Å². The minimum Gasteiger partial charge on any atom is -0.508 e. The third kappa shape index (κ3) is 5.53. The van der Waals surface area contributed by atoms with Crippen molar-refractivity contribution < 1.29 is 19.4 Å². The molecule has 8 nitrogen and oxygen atoms in total. The fraction of sp³-hybridized carbons (Fsp3) is 0.280. The van der Waals surface area contributed by atoms with E-state index in [9.17, 15) is 14.7 Å². The number of ether oxygens (including phenoxy) is 1. The SMILES string of the molecule is NCCc1c[nH]c2ccc(OC(=O)CCCC(=O)NCCc3c[nH]c4ccc(O)cc34)cc12. The van der Waals surface area contributed by atoms with E-state index in [2.05, 4.69) is 15.3 Å². The smallest absolute Gasteiger partial charge is 0.311 e. The van der Waals surface area contributed by atoms with Gasteiger partial charge in [0, 0.05) is 53.6 Å². The second-order valence-electron chi connectivity index (χ2n) is 8.03. The number of fused-ring (bicyclic) bond motifs is 2. The highest BCUT2D eigenvalue weighted by Gasteiger charge is 2.10. The highest BCUT2D eigenvalue weighted by Crippen LogP contribution is 2.25. The molecule has 4 aromatic rings. The number of phenolic OH excluding ortho intramolecular Hbond substituents is 1. The summed E-state index contributed by atoms with van der Waals surface area (Å²) in [6.45, 7) is 1.03. The number of hydrogen-bond acceptors (Lipinski definition) is 5. The molecule has 0 aliphatic rings. The van der Waals surface area contributed by atoms with Gasteiger partial charge in [0.15, 0.2) is 0 Å². The molecular formula is C25H28N4O4. The standard InChI is InChI=1S/C25H28N4O4/c26-10-8-16-14-28-23-7-5-19(13-21(16)23)33-25(32)3-1-2-24(31)27-11-9-17-15-29-22-6-4-18(30)12-20(17)22/h4-7,12-15,28-30H,1-3,8-11,26H2,(H,27,31). The van der Waals surface area contributed by atoms with Gasteiger partial charge in [-0.25, -0.2) is 0 Å². The highest BCUT2D eigenvalue weighted by atomic mass is 16.5. The van der Waals surface area contributed by atoms with E-state index in [1.807, 2.05) is 30.6 Å². The number of carbonyl (C=O) groups excluding carboxylic acids is 2. The lowest BCUT2D eigenvalue weighted by Gasteiger charge is -2.07. The Bertz CT molecular complexity index is 1270. The number of nitrogens with two attached hydrogens (primary N) is 1. The number of aromatic hydroxyl groups is 1. The first-order valence-electron chi connectivity index (χ1n) is 11.1. The predicted molar refractivity (Wildman–Crippen MR) is 127 cm³/mol. The Morgan fingerprint density at radius 2 is 1.64 bits per heavy atom. The Balaban J connectivity index is 1.19. The summed E-state index contributed by atoms with van der Waals surface area (Å²) in [5.74, 6) is 0.227. The van der Waals surface area contributed by atoms with Gasteiger partial charge in [-0.15, -0.1) is 0 Å². The molecule has 0 atom stereocenters. The maximum atomic E-state index is 12.2. The largest absolute Gasteiger partial charge is 0.508 e. The normalized spacial score (nSPS) is 11.2. The summed E-state index contributed by atoms with van der Waals surface area (Å²) >= 11 is 0. The van der Waals surface area contributed by atoms with Crippen molar-refractivity contribution in [2.75, 3.05) is 13.1 Å². The summed E-state index contributed by atoms with van der Waals surface area (Å²) in [5.41, 5.74) is 9.68. The molecule has 0 saturated heterocycles. The zero-order valence-corrected chi connectivity index (χ0v) is 18.3. The maximum Gasteiger partial charge on any atom is 0.311 e. The van der Waals surface area contributed by atoms with E-state index in [-0.39, 0.29) is 30.5 Å². The van der Waals surface area contributed by atoms with Gasteiger partial charge >= 0.3 is 5.97 Å². The zero-order valence-electron chi connectivity index (χ0n) is 18.3. The summed E-state index contributed by atoms with van der Waals surface area (Å²) in [6, 6.07) is 10.6. The van der Waals surface area contributed by atoms with Gasteiger partial charge in [-0.2, -0.15) is 0 Å². The Morgan fingerprint density at radius 1 is 0.939 bits per heavy atom. The average molecular weight is 449 g/mol. The molecule has 0 aliphatic heterocycles. The number of rotatable bonds is 10. The van der Waals surface area contributed by atoms with Gasteiger partial charge in [0.05, 0.1) is 0 Å². The van der Waals surface area contributed by atoms with Crippen LogP contribution in [0, 0.1) is 0 Å². The quantitative estimate of drug-likeness (QED) is 0.188. The van der Waals surface area contributed by atoms with Crippen molar-refractivity contribution in [1.82, 2.24) is 15.3 Å². The summed E-state index contributed by atoms with van der Waals surface area (Å²) in [6.07, 6.45) is 6.02. The van der Waals surface area contributed by atoms with Crippen molar-refractivity contribution in [1.29, 1.82) is 0 Å². The Hall–Kier alpha value is -3.78. The summed E-state index contributed by atoms with van der Waals surface area (Å²) < 4.78 is 5.45. The van der Waals surface area contributed by atoms with Crippen molar-refractivity contribution in [3.63, 3.8) is 0 Å². The number of esters is 1. The van der Waals surface area contributed by atoms with Gasteiger partial charge in [0.25, 0.3) is 0 Å². The molecule has 33 heavy (non-hydrogen) atoms. The number of H-pyrrole nitrogens is 2. The van der Waals surface area contributed by atoms with E-state index < -0.39 is 0 Å². The van der Waals surface area contributed by atoms with E-state index in [4.69, 9.17) is 10.5 Å². The van der Waals surface area contributed by atoms with Crippen molar-refractivity contribution in [3.05, 3.63) is 59.9 Å². The predicted octanol–water partition coefficient (Wildman–Crippen LogP) is 3.29. The van der Waals surface area contributed by atoms with Crippen LogP contribution in [0.25, 0.3) is 21.8 Å².